The Balaban J connectivity index is 1.92. The molecule has 1 unspecified atom stereocenters. The van der Waals surface area contributed by atoms with Gasteiger partial charge in [0.25, 0.3) is 5.91 Å². The van der Waals surface area contributed by atoms with Crippen LogP contribution >= 0.6 is 11.6 Å². The van der Waals surface area contributed by atoms with Gasteiger partial charge in [0.05, 0.1) is 14.2 Å². The molecule has 0 heterocycles. The summed E-state index contributed by atoms with van der Waals surface area (Å²) in [6.07, 6.45) is -0.841. The molecular weight excluding hydrogens is 426 g/mol. The molecule has 3 aromatic rings. The van der Waals surface area contributed by atoms with Crippen molar-refractivity contribution in [1.29, 1.82) is 0 Å². The first-order valence-electron chi connectivity index (χ1n) is 9.96. The quantitative estimate of drug-likeness (QED) is 0.445. The highest BCUT2D eigenvalue weighted by Gasteiger charge is 2.22. The second-order valence-corrected chi connectivity index (χ2v) is 7.21. The molecule has 0 radical (unpaired) electrons. The maximum atomic E-state index is 13.2. The lowest BCUT2D eigenvalue weighted by Crippen LogP contribution is -2.24. The zero-order valence-electron chi connectivity index (χ0n) is 18.1. The van der Waals surface area contributed by atoms with Gasteiger partial charge in [0.2, 0.25) is 0 Å². The molecule has 0 saturated heterocycles. The van der Waals surface area contributed by atoms with Gasteiger partial charge in [0.15, 0.2) is 17.6 Å². The summed E-state index contributed by atoms with van der Waals surface area (Å²) in [4.78, 5) is 13.2. The van der Waals surface area contributed by atoms with E-state index in [0.29, 0.717) is 27.8 Å². The highest BCUT2D eigenvalue weighted by molar-refractivity contribution is 6.30. The van der Waals surface area contributed by atoms with E-state index in [1.165, 1.54) is 0 Å². The fraction of sp³-hybridized carbons (Fsp3) is 0.192. The van der Waals surface area contributed by atoms with Gasteiger partial charge in [-0.1, -0.05) is 53.9 Å². The largest absolute Gasteiger partial charge is 0.493 e. The lowest BCUT2D eigenvalue weighted by Gasteiger charge is -2.19. The molecule has 0 bridgehead atoms. The fourth-order valence-corrected chi connectivity index (χ4v) is 3.33. The number of rotatable bonds is 8. The number of carbonyl (C=O) groups is 1. The summed E-state index contributed by atoms with van der Waals surface area (Å²) in [5, 5.41) is 3.58. The molecule has 0 aromatic heterocycles. The molecule has 0 saturated carbocycles. The van der Waals surface area contributed by atoms with Gasteiger partial charge in [-0.15, -0.1) is 5.92 Å². The van der Waals surface area contributed by atoms with E-state index < -0.39 is 6.10 Å². The summed E-state index contributed by atoms with van der Waals surface area (Å²) >= 11 is 6.00. The number of hydrogen-bond acceptors (Lipinski definition) is 4. The van der Waals surface area contributed by atoms with Crippen LogP contribution in [-0.4, -0.2) is 26.7 Å². The number of benzene rings is 3. The number of anilines is 1. The van der Waals surface area contributed by atoms with Crippen LogP contribution in [0.25, 0.3) is 11.1 Å². The molecule has 0 fully saturated rings. The Morgan fingerprint density at radius 1 is 1.00 bits per heavy atom. The summed E-state index contributed by atoms with van der Waals surface area (Å²) in [6, 6.07) is 20.1. The molecule has 3 rings (SSSR count). The van der Waals surface area contributed by atoms with Gasteiger partial charge in [0.1, 0.15) is 6.61 Å². The van der Waals surface area contributed by atoms with Crippen molar-refractivity contribution >= 4 is 23.2 Å². The molecule has 3 aromatic carbocycles. The van der Waals surface area contributed by atoms with Crippen LogP contribution in [0, 0.1) is 11.8 Å². The van der Waals surface area contributed by atoms with Gasteiger partial charge in [-0.3, -0.25) is 4.79 Å². The Labute approximate surface area is 193 Å². The molecule has 1 amide bonds. The third-order valence-corrected chi connectivity index (χ3v) is 5.04. The lowest BCUT2D eigenvalue weighted by molar-refractivity contribution is -0.126. The summed E-state index contributed by atoms with van der Waals surface area (Å²) in [6.45, 7) is 1.86. The van der Waals surface area contributed by atoms with Crippen molar-refractivity contribution in [2.45, 2.75) is 13.0 Å². The molecule has 0 aliphatic rings. The molecule has 0 aliphatic carbocycles. The van der Waals surface area contributed by atoms with E-state index in [2.05, 4.69) is 17.2 Å². The van der Waals surface area contributed by atoms with Gasteiger partial charge in [-0.25, -0.2) is 0 Å². The third-order valence-electron chi connectivity index (χ3n) is 4.79. The summed E-state index contributed by atoms with van der Waals surface area (Å²) in [5.74, 6) is 6.54. The second kappa shape index (κ2) is 11.2. The van der Waals surface area contributed by atoms with Crippen molar-refractivity contribution in [2.75, 3.05) is 26.1 Å². The normalized spacial score (nSPS) is 11.1. The average Bonchev–Trinajstić information content (AvgIpc) is 2.82. The van der Waals surface area contributed by atoms with Crippen LogP contribution in [0.15, 0.2) is 66.7 Å². The molecule has 1 N–H and O–H groups in total. The molecule has 1 atom stereocenters. The van der Waals surface area contributed by atoms with Crippen molar-refractivity contribution in [2.24, 2.45) is 0 Å². The van der Waals surface area contributed by atoms with E-state index >= 15 is 0 Å². The third kappa shape index (κ3) is 5.61. The highest BCUT2D eigenvalue weighted by atomic mass is 35.5. The van der Waals surface area contributed by atoms with Crippen molar-refractivity contribution in [3.8, 4) is 34.5 Å². The minimum atomic E-state index is -0.841. The van der Waals surface area contributed by atoms with Crippen LogP contribution in [0.2, 0.25) is 5.02 Å². The smallest absolute Gasteiger partial charge is 0.258 e. The Bertz CT molecular complexity index is 1130. The predicted molar refractivity (Wildman–Crippen MR) is 127 cm³/mol. The van der Waals surface area contributed by atoms with Crippen molar-refractivity contribution in [1.82, 2.24) is 0 Å². The van der Waals surface area contributed by atoms with Crippen LogP contribution in [-0.2, 0) is 9.53 Å². The van der Waals surface area contributed by atoms with Crippen LogP contribution < -0.4 is 14.8 Å². The zero-order chi connectivity index (χ0) is 22.9. The molecule has 32 heavy (non-hydrogen) atoms. The summed E-state index contributed by atoms with van der Waals surface area (Å²) < 4.78 is 16.5. The molecule has 0 aliphatic heterocycles. The van der Waals surface area contributed by atoms with E-state index in [9.17, 15) is 4.79 Å². The predicted octanol–water partition coefficient (Wildman–Crippen LogP) is 5.74. The standard InChI is InChI=1S/C26H24ClNO4/c1-4-5-16-32-25(18-10-13-20(27)14-11-18)26(29)28-22-9-7-6-8-21(22)19-12-15-23(30-2)24(17-19)31-3/h6-15,17,25H,16H2,1-3H3,(H,28,29). The average molecular weight is 450 g/mol. The fourth-order valence-electron chi connectivity index (χ4n) is 3.20. The zero-order valence-corrected chi connectivity index (χ0v) is 18.9. The lowest BCUT2D eigenvalue weighted by atomic mass is 10.0. The van der Waals surface area contributed by atoms with Gasteiger partial charge < -0.3 is 19.5 Å². The summed E-state index contributed by atoms with van der Waals surface area (Å²) in [7, 11) is 3.17. The SMILES string of the molecule is CC#CCOC(C(=O)Nc1ccccc1-c1ccc(OC)c(OC)c1)c1ccc(Cl)cc1. The number of hydrogen-bond donors (Lipinski definition) is 1. The first-order valence-corrected chi connectivity index (χ1v) is 10.3. The molecule has 0 spiro atoms. The van der Waals surface area contributed by atoms with Crippen LogP contribution in [0.1, 0.15) is 18.6 Å². The Kier molecular flexibility index (Phi) is 8.15. The van der Waals surface area contributed by atoms with E-state index in [1.807, 2.05) is 42.5 Å². The van der Waals surface area contributed by atoms with Gasteiger partial charge >= 0.3 is 0 Å². The second-order valence-electron chi connectivity index (χ2n) is 6.77. The number of carbonyl (C=O) groups excluding carboxylic acids is 1. The Morgan fingerprint density at radius 3 is 2.41 bits per heavy atom. The highest BCUT2D eigenvalue weighted by Crippen LogP contribution is 2.35. The molecule has 6 heteroatoms. The molecular formula is C26H24ClNO4. The number of halogens is 1. The van der Waals surface area contributed by atoms with Gasteiger partial charge in [0, 0.05) is 16.3 Å². The summed E-state index contributed by atoms with van der Waals surface area (Å²) in [5.41, 5.74) is 3.05. The maximum absolute atomic E-state index is 13.2. The minimum absolute atomic E-state index is 0.133. The van der Waals surface area contributed by atoms with Crippen molar-refractivity contribution in [3.05, 3.63) is 77.3 Å². The van der Waals surface area contributed by atoms with E-state index in [4.69, 9.17) is 25.8 Å². The Hall–Kier alpha value is -3.46. The van der Waals surface area contributed by atoms with E-state index in [0.717, 1.165) is 11.1 Å². The number of para-hydroxylation sites is 1. The van der Waals surface area contributed by atoms with Crippen LogP contribution in [0.4, 0.5) is 5.69 Å². The van der Waals surface area contributed by atoms with Crippen molar-refractivity contribution < 1.29 is 19.0 Å². The van der Waals surface area contributed by atoms with Gasteiger partial charge in [-0.2, -0.15) is 0 Å². The first kappa shape index (κ1) is 23.2. The molecule has 5 nitrogen and oxygen atoms in total. The topological polar surface area (TPSA) is 56.8 Å². The van der Waals surface area contributed by atoms with E-state index in [1.54, 1.807) is 45.4 Å². The maximum Gasteiger partial charge on any atom is 0.258 e. The van der Waals surface area contributed by atoms with Crippen LogP contribution in [0.3, 0.4) is 0 Å². The number of nitrogens with one attached hydrogen (secondary N) is 1. The monoisotopic (exact) mass is 449 g/mol. The number of amides is 1. The minimum Gasteiger partial charge on any atom is -0.493 e. The van der Waals surface area contributed by atoms with E-state index in [-0.39, 0.29) is 12.5 Å². The number of methoxy groups -OCH3 is 2. The van der Waals surface area contributed by atoms with Gasteiger partial charge in [-0.05, 0) is 48.4 Å². The van der Waals surface area contributed by atoms with Crippen molar-refractivity contribution in [3.63, 3.8) is 0 Å². The number of ether oxygens (including phenoxy) is 3. The Morgan fingerprint density at radius 2 is 1.72 bits per heavy atom. The molecule has 164 valence electrons. The first-order chi connectivity index (χ1) is 15.6. The van der Waals surface area contributed by atoms with Crippen LogP contribution in [0.5, 0.6) is 11.5 Å².